The summed E-state index contributed by atoms with van der Waals surface area (Å²) in [5.41, 5.74) is 0.469. The van der Waals surface area contributed by atoms with Crippen LogP contribution in [0.25, 0.3) is 0 Å². The molecule has 4 atom stereocenters. The molecule has 2 aromatic carbocycles. The second-order valence-electron chi connectivity index (χ2n) is 8.93. The van der Waals surface area contributed by atoms with Crippen molar-refractivity contribution in [3.8, 4) is 0 Å². The van der Waals surface area contributed by atoms with Crippen LogP contribution in [0.5, 0.6) is 0 Å². The van der Waals surface area contributed by atoms with Crippen molar-refractivity contribution in [2.24, 2.45) is 17.8 Å². The Balaban J connectivity index is 1.55. The largest absolute Gasteiger partial charge is 0.324 e. The number of nitrogens with zero attached hydrogens (tertiary/aromatic N) is 1. The lowest BCUT2D eigenvalue weighted by atomic mass is 9.76. The summed E-state index contributed by atoms with van der Waals surface area (Å²) in [6.07, 6.45) is 0.544. The zero-order valence-electron chi connectivity index (χ0n) is 17.4. The van der Waals surface area contributed by atoms with E-state index < -0.39 is 29.1 Å². The zero-order valence-corrected chi connectivity index (χ0v) is 17.4. The van der Waals surface area contributed by atoms with Crippen LogP contribution in [0.1, 0.15) is 25.0 Å². The number of hydrogen-bond donors (Lipinski definition) is 2. The molecule has 0 unspecified atom stereocenters. The fourth-order valence-electron chi connectivity index (χ4n) is 5.44. The Kier molecular flexibility index (Phi) is 4.48. The van der Waals surface area contributed by atoms with Gasteiger partial charge in [0.15, 0.2) is 0 Å². The topological polar surface area (TPSA) is 78.5 Å². The van der Waals surface area contributed by atoms with E-state index in [-0.39, 0.29) is 30.3 Å². The second-order valence-corrected chi connectivity index (χ2v) is 8.93. The molecular formula is C24H24FN3O3. The van der Waals surface area contributed by atoms with Gasteiger partial charge in [0.1, 0.15) is 11.4 Å². The monoisotopic (exact) mass is 421 g/mol. The van der Waals surface area contributed by atoms with E-state index in [9.17, 15) is 18.8 Å². The van der Waals surface area contributed by atoms with Crippen molar-refractivity contribution in [2.75, 3.05) is 11.9 Å². The molecule has 31 heavy (non-hydrogen) atoms. The number of amides is 3. The number of anilines is 1. The molecule has 3 aliphatic heterocycles. The van der Waals surface area contributed by atoms with Crippen LogP contribution in [0.4, 0.5) is 10.1 Å². The molecule has 7 heteroatoms. The second kappa shape index (κ2) is 6.99. The predicted molar refractivity (Wildman–Crippen MR) is 112 cm³/mol. The van der Waals surface area contributed by atoms with Gasteiger partial charge in [0.2, 0.25) is 17.7 Å². The number of imide groups is 1. The Morgan fingerprint density at radius 1 is 1.06 bits per heavy atom. The molecule has 0 aliphatic carbocycles. The maximum atomic E-state index is 14.2. The van der Waals surface area contributed by atoms with Gasteiger partial charge in [0.25, 0.3) is 0 Å². The Morgan fingerprint density at radius 2 is 1.81 bits per heavy atom. The summed E-state index contributed by atoms with van der Waals surface area (Å²) in [6, 6.07) is 13.4. The van der Waals surface area contributed by atoms with Gasteiger partial charge < -0.3 is 5.32 Å². The summed E-state index contributed by atoms with van der Waals surface area (Å²) in [7, 11) is 0. The number of halogens is 1. The van der Waals surface area contributed by atoms with Gasteiger partial charge in [-0.05, 0) is 36.1 Å². The third-order valence-electron chi connectivity index (χ3n) is 6.89. The van der Waals surface area contributed by atoms with Crippen molar-refractivity contribution in [3.05, 3.63) is 65.5 Å². The van der Waals surface area contributed by atoms with Crippen LogP contribution in [0.15, 0.2) is 48.5 Å². The van der Waals surface area contributed by atoms with Crippen molar-refractivity contribution in [1.29, 1.82) is 0 Å². The van der Waals surface area contributed by atoms with Crippen molar-refractivity contribution >= 4 is 23.4 Å². The van der Waals surface area contributed by atoms with Gasteiger partial charge in [-0.3, -0.25) is 24.6 Å². The van der Waals surface area contributed by atoms with E-state index >= 15 is 0 Å². The average Bonchev–Trinajstić information content (AvgIpc) is 3.33. The fraction of sp³-hybridized carbons (Fsp3) is 0.375. The Morgan fingerprint density at radius 3 is 2.52 bits per heavy atom. The summed E-state index contributed by atoms with van der Waals surface area (Å²) < 4.78 is 14.2. The van der Waals surface area contributed by atoms with Gasteiger partial charge in [-0.15, -0.1) is 0 Å². The molecule has 1 spiro atoms. The highest BCUT2D eigenvalue weighted by Crippen LogP contribution is 2.53. The van der Waals surface area contributed by atoms with Crippen LogP contribution >= 0.6 is 0 Å². The third kappa shape index (κ3) is 2.76. The van der Waals surface area contributed by atoms with Crippen LogP contribution < -0.4 is 10.6 Å². The average molecular weight is 421 g/mol. The lowest BCUT2D eigenvalue weighted by molar-refractivity contribution is -0.142. The minimum absolute atomic E-state index is 0.00288. The zero-order chi connectivity index (χ0) is 21.9. The molecule has 2 N–H and O–H groups in total. The molecule has 0 aromatic heterocycles. The van der Waals surface area contributed by atoms with Crippen LogP contribution in [0, 0.1) is 23.6 Å². The molecule has 0 bridgehead atoms. The fourth-order valence-corrected chi connectivity index (χ4v) is 5.44. The highest BCUT2D eigenvalue weighted by Gasteiger charge is 2.70. The van der Waals surface area contributed by atoms with Crippen LogP contribution in [-0.2, 0) is 26.3 Å². The van der Waals surface area contributed by atoms with Crippen LogP contribution in [-0.4, -0.2) is 35.2 Å². The maximum absolute atomic E-state index is 14.2. The van der Waals surface area contributed by atoms with E-state index in [0.717, 1.165) is 5.56 Å². The first-order valence-corrected chi connectivity index (χ1v) is 10.6. The lowest BCUT2D eigenvalue weighted by Gasteiger charge is -2.30. The summed E-state index contributed by atoms with van der Waals surface area (Å²) in [5.74, 6) is -3.07. The molecule has 0 radical (unpaired) electrons. The van der Waals surface area contributed by atoms with Crippen molar-refractivity contribution in [3.63, 3.8) is 0 Å². The smallest absolute Gasteiger partial charge is 0.250 e. The van der Waals surface area contributed by atoms with Gasteiger partial charge in [0.05, 0.1) is 11.8 Å². The summed E-state index contributed by atoms with van der Waals surface area (Å²) in [6.45, 7) is 4.17. The minimum Gasteiger partial charge on any atom is -0.324 e. The summed E-state index contributed by atoms with van der Waals surface area (Å²) in [5, 5.41) is 6.10. The number of likely N-dealkylation sites (tertiary alicyclic amines) is 1. The molecule has 3 heterocycles. The van der Waals surface area contributed by atoms with Crippen molar-refractivity contribution in [1.82, 2.24) is 10.2 Å². The molecule has 3 aliphatic rings. The van der Waals surface area contributed by atoms with Crippen molar-refractivity contribution < 1.29 is 18.8 Å². The molecule has 2 fully saturated rings. The van der Waals surface area contributed by atoms with E-state index in [0.29, 0.717) is 17.7 Å². The summed E-state index contributed by atoms with van der Waals surface area (Å²) in [4.78, 5) is 41.5. The van der Waals surface area contributed by atoms with Gasteiger partial charge in [-0.1, -0.05) is 44.2 Å². The number of nitrogens with one attached hydrogen (secondary N) is 2. The minimum atomic E-state index is -1.44. The van der Waals surface area contributed by atoms with Gasteiger partial charge in [-0.25, -0.2) is 4.39 Å². The number of rotatable bonds is 4. The first-order valence-electron chi connectivity index (χ1n) is 10.6. The van der Waals surface area contributed by atoms with Crippen LogP contribution in [0.2, 0.25) is 0 Å². The molecule has 0 saturated carbocycles. The molecule has 2 saturated heterocycles. The molecule has 3 amide bonds. The van der Waals surface area contributed by atoms with E-state index in [1.807, 2.05) is 44.2 Å². The number of carbonyl (C=O) groups is 3. The normalized spacial score (nSPS) is 29.1. The molecule has 6 nitrogen and oxygen atoms in total. The van der Waals surface area contributed by atoms with E-state index in [4.69, 9.17) is 0 Å². The molecular weight excluding hydrogens is 397 g/mol. The predicted octanol–water partition coefficient (Wildman–Crippen LogP) is 2.44. The highest BCUT2D eigenvalue weighted by molar-refractivity contribution is 6.15. The molecule has 2 aromatic rings. The van der Waals surface area contributed by atoms with E-state index in [1.165, 1.54) is 23.1 Å². The first kappa shape index (κ1) is 19.9. The quantitative estimate of drug-likeness (QED) is 0.744. The molecule has 5 rings (SSSR count). The lowest BCUT2D eigenvalue weighted by Crippen LogP contribution is -2.54. The number of hydrogen-bond acceptors (Lipinski definition) is 4. The Hall–Kier alpha value is -3.06. The number of benzene rings is 2. The maximum Gasteiger partial charge on any atom is 0.250 e. The third-order valence-corrected chi connectivity index (χ3v) is 6.89. The Bertz CT molecular complexity index is 1090. The van der Waals surface area contributed by atoms with Gasteiger partial charge in [0, 0.05) is 23.8 Å². The standard InChI is InChI=1S/C24H24FN3O3/c1-13(2)20-18-19(22(30)28(21(18)29)11-10-14-6-4-3-5-7-14)24(27-20)16-12-15(25)8-9-17(16)26-23(24)31/h3-9,12-13,18-20,27H,10-11H2,1-2H3,(H,26,31)/t18-,19-,20+,24+/m0/s1. The highest BCUT2D eigenvalue weighted by atomic mass is 19.1. The van der Waals surface area contributed by atoms with E-state index in [2.05, 4.69) is 10.6 Å². The van der Waals surface area contributed by atoms with Crippen LogP contribution in [0.3, 0.4) is 0 Å². The first-order chi connectivity index (χ1) is 14.8. The number of carbonyl (C=O) groups excluding carboxylic acids is 3. The van der Waals surface area contributed by atoms with Crippen molar-refractivity contribution in [2.45, 2.75) is 31.8 Å². The summed E-state index contributed by atoms with van der Waals surface area (Å²) >= 11 is 0. The van der Waals surface area contributed by atoms with Gasteiger partial charge >= 0.3 is 0 Å². The SMILES string of the molecule is CC(C)[C@H]1N[C@@]2(C(=O)Nc3ccc(F)cc32)[C@@H]2C(=O)N(CCc3ccccc3)C(=O)[C@H]12. The number of fused-ring (bicyclic) bond motifs is 4. The van der Waals surface area contributed by atoms with Gasteiger partial charge in [-0.2, -0.15) is 0 Å². The molecule has 160 valence electrons. The van der Waals surface area contributed by atoms with E-state index in [1.54, 1.807) is 0 Å². The Labute approximate surface area is 179 Å².